The molecule has 1 fully saturated rings. The van der Waals surface area contributed by atoms with Gasteiger partial charge in [-0.15, -0.1) is 0 Å². The van der Waals surface area contributed by atoms with Crippen molar-refractivity contribution in [2.45, 2.75) is 40.2 Å². The number of nitrogens with one attached hydrogen (secondary N) is 2. The summed E-state index contributed by atoms with van der Waals surface area (Å²) in [6, 6.07) is 13.6. The summed E-state index contributed by atoms with van der Waals surface area (Å²) in [6.45, 7) is 10.9. The van der Waals surface area contributed by atoms with Crippen molar-refractivity contribution in [3.63, 3.8) is 0 Å². The van der Waals surface area contributed by atoms with Crippen LogP contribution in [0.2, 0.25) is 5.02 Å². The number of aromatic nitrogens is 1. The molecule has 2 aliphatic rings. The van der Waals surface area contributed by atoms with Gasteiger partial charge in [0.05, 0.1) is 28.9 Å². The van der Waals surface area contributed by atoms with Crippen LogP contribution in [0.25, 0.3) is 0 Å². The molecule has 0 aliphatic carbocycles. The summed E-state index contributed by atoms with van der Waals surface area (Å²) in [4.78, 5) is 29.2. The van der Waals surface area contributed by atoms with E-state index in [1.165, 1.54) is 0 Å². The van der Waals surface area contributed by atoms with Crippen LogP contribution < -0.4 is 15.5 Å². The first-order valence-corrected chi connectivity index (χ1v) is 13.3. The van der Waals surface area contributed by atoms with Crippen molar-refractivity contribution >= 4 is 40.5 Å². The number of para-hydroxylation sites is 1. The van der Waals surface area contributed by atoms with Gasteiger partial charge in [0.15, 0.2) is 0 Å². The highest BCUT2D eigenvalue weighted by Crippen LogP contribution is 2.34. The molecule has 1 aromatic heterocycles. The van der Waals surface area contributed by atoms with E-state index in [9.17, 15) is 9.59 Å². The number of benzene rings is 2. The van der Waals surface area contributed by atoms with Gasteiger partial charge >= 0.3 is 0 Å². The fourth-order valence-corrected chi connectivity index (χ4v) is 5.15. The topological polar surface area (TPSA) is 90.7 Å². The minimum Gasteiger partial charge on any atom is -0.368 e. The second kappa shape index (κ2) is 12.3. The van der Waals surface area contributed by atoms with Crippen LogP contribution in [0.5, 0.6) is 0 Å². The number of rotatable bonds is 5. The molecule has 0 radical (unpaired) electrons. The zero-order chi connectivity index (χ0) is 27.2. The van der Waals surface area contributed by atoms with Crippen molar-refractivity contribution in [1.82, 2.24) is 10.1 Å². The molecule has 1 unspecified atom stereocenters. The van der Waals surface area contributed by atoms with E-state index in [-0.39, 0.29) is 24.3 Å². The van der Waals surface area contributed by atoms with Crippen molar-refractivity contribution < 1.29 is 14.1 Å². The number of aryl methyl sites for hydroxylation is 2. The number of anilines is 3. The lowest BCUT2D eigenvalue weighted by molar-refractivity contribution is -0.115. The molecule has 9 heteroatoms. The van der Waals surface area contributed by atoms with Gasteiger partial charge in [0, 0.05) is 49.2 Å². The van der Waals surface area contributed by atoms with Gasteiger partial charge < -0.3 is 20.1 Å². The molecule has 2 aromatic carbocycles. The average molecular weight is 536 g/mol. The predicted molar refractivity (Wildman–Crippen MR) is 152 cm³/mol. The maximum atomic E-state index is 12.5. The number of carbonyl (C=O) groups is 2. The predicted octanol–water partition coefficient (Wildman–Crippen LogP) is 5.52. The quantitative estimate of drug-likeness (QED) is 0.447. The second-order valence-corrected chi connectivity index (χ2v) is 9.50. The normalized spacial score (nSPS) is 17.1. The molecule has 3 heterocycles. The standard InChI is InChI=1S/C27H28ClN5O3.C2H6/c1-17-21(18(2)36-31-17)16-27(35)29-19-7-8-25(22(28)15-19)33-13-11-32(12-14-33)24-9-10-26(34)30-23-6-4-3-5-20(23)24;1-2/h3-10,15,24H,11-14,16H2,1-2H3,(H,29,35)(H,30,34);1-2H3. The summed E-state index contributed by atoms with van der Waals surface area (Å²) < 4.78 is 5.14. The number of hydrogen-bond acceptors (Lipinski definition) is 6. The molecule has 0 saturated carbocycles. The van der Waals surface area contributed by atoms with E-state index < -0.39 is 0 Å². The molecule has 0 bridgehead atoms. The Morgan fingerprint density at radius 1 is 1.13 bits per heavy atom. The van der Waals surface area contributed by atoms with E-state index in [0.717, 1.165) is 54.4 Å². The lowest BCUT2D eigenvalue weighted by Gasteiger charge is -2.40. The SMILES string of the molecule is CC.Cc1noc(C)c1CC(=O)Nc1ccc(N2CCN(C3C=CC(=O)Nc4ccccc43)CC2)c(Cl)c1. The molecular formula is C29H34ClN5O3. The van der Waals surface area contributed by atoms with Crippen LogP contribution in [0.3, 0.4) is 0 Å². The van der Waals surface area contributed by atoms with Gasteiger partial charge in [0.25, 0.3) is 0 Å². The summed E-state index contributed by atoms with van der Waals surface area (Å²) in [7, 11) is 0. The van der Waals surface area contributed by atoms with E-state index in [2.05, 4.69) is 31.7 Å². The number of nitrogens with zero attached hydrogens (tertiary/aromatic N) is 3. The fraction of sp³-hybridized carbons (Fsp3) is 0.345. The molecule has 0 spiro atoms. The van der Waals surface area contributed by atoms with Gasteiger partial charge in [-0.2, -0.15) is 0 Å². The zero-order valence-electron chi connectivity index (χ0n) is 22.3. The number of hydrogen-bond donors (Lipinski definition) is 2. The lowest BCUT2D eigenvalue weighted by atomic mass is 10.0. The maximum absolute atomic E-state index is 12.5. The van der Waals surface area contributed by atoms with Gasteiger partial charge in [-0.1, -0.05) is 54.9 Å². The Hall–Kier alpha value is -3.62. The molecule has 5 rings (SSSR count). The molecule has 1 atom stereocenters. The Morgan fingerprint density at radius 2 is 1.87 bits per heavy atom. The Bertz CT molecular complexity index is 1310. The van der Waals surface area contributed by atoms with Crippen LogP contribution in [0, 0.1) is 13.8 Å². The third kappa shape index (κ3) is 6.09. The van der Waals surface area contributed by atoms with E-state index in [0.29, 0.717) is 16.5 Å². The molecule has 2 aliphatic heterocycles. The summed E-state index contributed by atoms with van der Waals surface area (Å²) in [5.41, 5.74) is 5.07. The number of fused-ring (bicyclic) bond motifs is 1. The minimum absolute atomic E-state index is 0.0352. The van der Waals surface area contributed by atoms with Gasteiger partial charge in [0.2, 0.25) is 11.8 Å². The van der Waals surface area contributed by atoms with Crippen molar-refractivity contribution in [1.29, 1.82) is 0 Å². The summed E-state index contributed by atoms with van der Waals surface area (Å²) in [5.74, 6) is 0.404. The molecule has 8 nitrogen and oxygen atoms in total. The number of halogens is 1. The van der Waals surface area contributed by atoms with Crippen molar-refractivity contribution in [2.75, 3.05) is 41.7 Å². The first kappa shape index (κ1) is 27.4. The first-order chi connectivity index (χ1) is 18.4. The van der Waals surface area contributed by atoms with Crippen LogP contribution in [-0.2, 0) is 16.0 Å². The van der Waals surface area contributed by atoms with Crippen molar-refractivity contribution in [3.05, 3.63) is 82.2 Å². The first-order valence-electron chi connectivity index (χ1n) is 13.0. The summed E-state index contributed by atoms with van der Waals surface area (Å²) >= 11 is 6.64. The van der Waals surface area contributed by atoms with Crippen molar-refractivity contribution in [3.8, 4) is 0 Å². The molecular weight excluding hydrogens is 502 g/mol. The smallest absolute Gasteiger partial charge is 0.248 e. The molecule has 2 N–H and O–H groups in total. The zero-order valence-corrected chi connectivity index (χ0v) is 23.0. The van der Waals surface area contributed by atoms with Gasteiger partial charge in [-0.25, -0.2) is 0 Å². The summed E-state index contributed by atoms with van der Waals surface area (Å²) in [6.07, 6.45) is 3.79. The molecule has 2 amide bonds. The van der Waals surface area contributed by atoms with Gasteiger partial charge in [-0.05, 0) is 43.7 Å². The van der Waals surface area contributed by atoms with Crippen LogP contribution in [-0.4, -0.2) is 48.0 Å². The molecule has 3 aromatic rings. The van der Waals surface area contributed by atoms with E-state index in [4.69, 9.17) is 16.1 Å². The van der Waals surface area contributed by atoms with Gasteiger partial charge in [0.1, 0.15) is 5.76 Å². The largest absolute Gasteiger partial charge is 0.368 e. The fourth-order valence-electron chi connectivity index (χ4n) is 4.85. The minimum atomic E-state index is -0.147. The average Bonchev–Trinajstić information content (AvgIpc) is 3.13. The highest BCUT2D eigenvalue weighted by atomic mass is 35.5. The number of amides is 2. The lowest BCUT2D eigenvalue weighted by Crippen LogP contribution is -2.47. The number of piperazine rings is 1. The van der Waals surface area contributed by atoms with Crippen molar-refractivity contribution in [2.24, 2.45) is 0 Å². The molecule has 38 heavy (non-hydrogen) atoms. The van der Waals surface area contributed by atoms with Crippen LogP contribution in [0.4, 0.5) is 17.1 Å². The van der Waals surface area contributed by atoms with E-state index in [1.807, 2.05) is 57.2 Å². The van der Waals surface area contributed by atoms with Crippen LogP contribution in [0.15, 0.2) is 59.1 Å². The molecule has 200 valence electrons. The van der Waals surface area contributed by atoms with E-state index >= 15 is 0 Å². The van der Waals surface area contributed by atoms with Crippen LogP contribution in [0.1, 0.15) is 42.5 Å². The Balaban J connectivity index is 0.00000164. The highest BCUT2D eigenvalue weighted by Gasteiger charge is 2.27. The Morgan fingerprint density at radius 3 is 2.55 bits per heavy atom. The van der Waals surface area contributed by atoms with Crippen LogP contribution >= 0.6 is 11.6 Å². The number of carbonyl (C=O) groups excluding carboxylic acids is 2. The monoisotopic (exact) mass is 535 g/mol. The second-order valence-electron chi connectivity index (χ2n) is 9.10. The third-order valence-electron chi connectivity index (χ3n) is 6.77. The maximum Gasteiger partial charge on any atom is 0.248 e. The van der Waals surface area contributed by atoms with Gasteiger partial charge in [-0.3, -0.25) is 14.5 Å². The molecule has 1 saturated heterocycles. The third-order valence-corrected chi connectivity index (χ3v) is 7.07. The highest BCUT2D eigenvalue weighted by molar-refractivity contribution is 6.33. The van der Waals surface area contributed by atoms with E-state index in [1.54, 1.807) is 19.1 Å². The Labute approximate surface area is 228 Å². The summed E-state index contributed by atoms with van der Waals surface area (Å²) in [5, 5.41) is 10.4. The Kier molecular flexibility index (Phi) is 8.86.